The molecule has 1 saturated carbocycles. The summed E-state index contributed by atoms with van der Waals surface area (Å²) in [4.78, 5) is 29.5. The summed E-state index contributed by atoms with van der Waals surface area (Å²) in [5.74, 6) is -3.10. The van der Waals surface area contributed by atoms with Crippen molar-refractivity contribution in [2.45, 2.75) is 31.7 Å². The van der Waals surface area contributed by atoms with Crippen LogP contribution < -0.4 is 10.6 Å². The number of carbonyl (C=O) groups excluding carboxylic acids is 2. The Balaban J connectivity index is 1.67. The predicted molar refractivity (Wildman–Crippen MR) is 99.2 cm³/mol. The van der Waals surface area contributed by atoms with Crippen LogP contribution in [-0.2, 0) is 0 Å². The number of halogens is 2. The van der Waals surface area contributed by atoms with Gasteiger partial charge in [-0.05, 0) is 37.1 Å². The van der Waals surface area contributed by atoms with Gasteiger partial charge in [-0.15, -0.1) is 0 Å². The zero-order chi connectivity index (χ0) is 19.7. The number of carbonyl (C=O) groups is 2. The number of hydrogen-bond donors (Lipinski definition) is 2. The molecule has 1 fully saturated rings. The molecule has 0 radical (unpaired) electrons. The van der Waals surface area contributed by atoms with Gasteiger partial charge in [0.1, 0.15) is 17.3 Å². The Morgan fingerprint density at radius 3 is 2.43 bits per heavy atom. The molecule has 1 aliphatic rings. The molecule has 2 aromatic heterocycles. The van der Waals surface area contributed by atoms with E-state index in [4.69, 9.17) is 0 Å². The number of amides is 2. The van der Waals surface area contributed by atoms with Crippen molar-refractivity contribution in [2.24, 2.45) is 0 Å². The maximum absolute atomic E-state index is 13.9. The van der Waals surface area contributed by atoms with Crippen LogP contribution >= 0.6 is 0 Å². The molecule has 1 aromatic carbocycles. The minimum Gasteiger partial charge on any atom is -0.348 e. The molecule has 2 heterocycles. The van der Waals surface area contributed by atoms with Crippen LogP contribution in [-0.4, -0.2) is 27.2 Å². The SMILES string of the molecule is O=C(NC1CCCC1)c1nc(C(=O)Nc2c(F)cccc2F)n2ccccc12. The molecule has 1 aliphatic carbocycles. The number of hydrogen-bond acceptors (Lipinski definition) is 3. The lowest BCUT2D eigenvalue weighted by atomic mass is 10.2. The van der Waals surface area contributed by atoms with Crippen LogP contribution in [0.3, 0.4) is 0 Å². The molecule has 0 spiro atoms. The van der Waals surface area contributed by atoms with E-state index >= 15 is 0 Å². The van der Waals surface area contributed by atoms with Gasteiger partial charge in [-0.2, -0.15) is 0 Å². The van der Waals surface area contributed by atoms with E-state index < -0.39 is 23.2 Å². The van der Waals surface area contributed by atoms with Gasteiger partial charge in [0, 0.05) is 12.2 Å². The quantitative estimate of drug-likeness (QED) is 0.723. The largest absolute Gasteiger partial charge is 0.348 e. The number of nitrogens with zero attached hydrogens (tertiary/aromatic N) is 2. The molecule has 28 heavy (non-hydrogen) atoms. The lowest BCUT2D eigenvalue weighted by molar-refractivity contribution is 0.0935. The van der Waals surface area contributed by atoms with Crippen molar-refractivity contribution in [1.29, 1.82) is 0 Å². The first-order valence-electron chi connectivity index (χ1n) is 9.08. The van der Waals surface area contributed by atoms with Gasteiger partial charge in [-0.25, -0.2) is 13.8 Å². The third-order valence-electron chi connectivity index (χ3n) is 4.86. The van der Waals surface area contributed by atoms with Gasteiger partial charge in [0.15, 0.2) is 5.69 Å². The number of benzene rings is 1. The van der Waals surface area contributed by atoms with Crippen LogP contribution in [0, 0.1) is 11.6 Å². The van der Waals surface area contributed by atoms with Crippen LogP contribution in [0.1, 0.15) is 46.8 Å². The van der Waals surface area contributed by atoms with Gasteiger partial charge < -0.3 is 10.6 Å². The van der Waals surface area contributed by atoms with Crippen LogP contribution in [0.5, 0.6) is 0 Å². The average Bonchev–Trinajstić information content (AvgIpc) is 3.32. The van der Waals surface area contributed by atoms with E-state index in [2.05, 4.69) is 15.6 Å². The number of rotatable bonds is 4. The minimum atomic E-state index is -0.895. The van der Waals surface area contributed by atoms with Crippen LogP contribution in [0.25, 0.3) is 5.52 Å². The van der Waals surface area contributed by atoms with Crippen molar-refractivity contribution in [3.05, 3.63) is 65.7 Å². The number of imidazole rings is 1. The van der Waals surface area contributed by atoms with Crippen LogP contribution in [0.4, 0.5) is 14.5 Å². The van der Waals surface area contributed by atoms with Crippen molar-refractivity contribution in [1.82, 2.24) is 14.7 Å². The Bertz CT molecular complexity index is 1040. The van der Waals surface area contributed by atoms with Crippen LogP contribution in [0.2, 0.25) is 0 Å². The van der Waals surface area contributed by atoms with Gasteiger partial charge >= 0.3 is 0 Å². The van der Waals surface area contributed by atoms with E-state index in [0.717, 1.165) is 37.8 Å². The van der Waals surface area contributed by atoms with E-state index in [1.165, 1.54) is 10.5 Å². The molecule has 0 aliphatic heterocycles. The molecule has 6 nitrogen and oxygen atoms in total. The standard InChI is InChI=1S/C20H18F2N4O2/c21-13-8-5-9-14(22)16(13)25-20(28)18-24-17(15-10-3-4-11-26(15)18)19(27)23-12-6-1-2-7-12/h3-5,8-12H,1-2,6-7H2,(H,23,27)(H,25,28). The van der Waals surface area contributed by atoms with Crippen molar-refractivity contribution in [3.63, 3.8) is 0 Å². The fraction of sp³-hybridized carbons (Fsp3) is 0.250. The summed E-state index contributed by atoms with van der Waals surface area (Å²) in [7, 11) is 0. The number of aromatic nitrogens is 2. The zero-order valence-corrected chi connectivity index (χ0v) is 14.9. The minimum absolute atomic E-state index is 0.0951. The first-order chi connectivity index (χ1) is 13.5. The number of anilines is 1. The summed E-state index contributed by atoms with van der Waals surface area (Å²) in [6.07, 6.45) is 5.53. The van der Waals surface area contributed by atoms with E-state index in [0.29, 0.717) is 5.52 Å². The van der Waals surface area contributed by atoms with E-state index in [1.807, 2.05) is 0 Å². The highest BCUT2D eigenvalue weighted by Crippen LogP contribution is 2.21. The first kappa shape index (κ1) is 18.1. The lowest BCUT2D eigenvalue weighted by Gasteiger charge is -2.10. The summed E-state index contributed by atoms with van der Waals surface area (Å²) >= 11 is 0. The van der Waals surface area contributed by atoms with Gasteiger partial charge in [-0.1, -0.05) is 25.0 Å². The summed E-state index contributed by atoms with van der Waals surface area (Å²) in [5.41, 5.74) is -0.0130. The van der Waals surface area contributed by atoms with Gasteiger partial charge in [-0.3, -0.25) is 14.0 Å². The normalized spacial score (nSPS) is 14.4. The average molecular weight is 384 g/mol. The van der Waals surface area contributed by atoms with Gasteiger partial charge in [0.05, 0.1) is 5.52 Å². The molecule has 0 bridgehead atoms. The number of fused-ring (bicyclic) bond motifs is 1. The Morgan fingerprint density at radius 2 is 1.71 bits per heavy atom. The van der Waals surface area contributed by atoms with E-state index in [9.17, 15) is 18.4 Å². The van der Waals surface area contributed by atoms with Crippen LogP contribution in [0.15, 0.2) is 42.6 Å². The van der Waals surface area contributed by atoms with Crippen molar-refractivity contribution >= 4 is 23.0 Å². The summed E-state index contributed by atoms with van der Waals surface area (Å²) < 4.78 is 29.1. The molecule has 2 N–H and O–H groups in total. The summed E-state index contributed by atoms with van der Waals surface area (Å²) in [6.45, 7) is 0. The topological polar surface area (TPSA) is 75.5 Å². The van der Waals surface area contributed by atoms with Gasteiger partial charge in [0.25, 0.3) is 11.8 Å². The highest BCUT2D eigenvalue weighted by Gasteiger charge is 2.25. The van der Waals surface area contributed by atoms with E-state index in [-0.39, 0.29) is 23.5 Å². The van der Waals surface area contributed by atoms with Crippen molar-refractivity contribution in [3.8, 4) is 0 Å². The Hall–Kier alpha value is -3.29. The molecule has 8 heteroatoms. The van der Waals surface area contributed by atoms with Gasteiger partial charge in [0.2, 0.25) is 5.82 Å². The van der Waals surface area contributed by atoms with Crippen molar-refractivity contribution in [2.75, 3.05) is 5.32 Å². The zero-order valence-electron chi connectivity index (χ0n) is 14.9. The fourth-order valence-electron chi connectivity index (χ4n) is 3.48. The fourth-order valence-corrected chi connectivity index (χ4v) is 3.48. The summed E-state index contributed by atoms with van der Waals surface area (Å²) in [5, 5.41) is 5.15. The van der Waals surface area contributed by atoms with Crippen molar-refractivity contribution < 1.29 is 18.4 Å². The molecule has 0 atom stereocenters. The maximum atomic E-state index is 13.9. The molecule has 3 aromatic rings. The molecule has 0 unspecified atom stereocenters. The van der Waals surface area contributed by atoms with E-state index in [1.54, 1.807) is 24.4 Å². The molecular weight excluding hydrogens is 366 g/mol. The third kappa shape index (κ3) is 3.33. The maximum Gasteiger partial charge on any atom is 0.292 e. The molecule has 2 amide bonds. The molecule has 144 valence electrons. The highest BCUT2D eigenvalue weighted by molar-refractivity contribution is 6.06. The predicted octanol–water partition coefficient (Wildman–Crippen LogP) is 3.54. The second kappa shape index (κ2) is 7.38. The number of para-hydroxylation sites is 1. The summed E-state index contributed by atoms with van der Waals surface area (Å²) in [6, 6.07) is 8.45. The Morgan fingerprint density at radius 1 is 1.00 bits per heavy atom. The second-order valence-electron chi connectivity index (χ2n) is 6.75. The number of nitrogens with one attached hydrogen (secondary N) is 2. The second-order valence-corrected chi connectivity index (χ2v) is 6.75. The molecule has 0 saturated heterocycles. The third-order valence-corrected chi connectivity index (χ3v) is 4.86. The monoisotopic (exact) mass is 384 g/mol. The lowest BCUT2D eigenvalue weighted by Crippen LogP contribution is -2.33. The first-order valence-corrected chi connectivity index (χ1v) is 9.08. The highest BCUT2D eigenvalue weighted by atomic mass is 19.1. The molecular formula is C20H18F2N4O2. The Labute approximate surface area is 159 Å². The Kier molecular flexibility index (Phi) is 4.77. The number of pyridine rings is 1. The molecule has 4 rings (SSSR count). The smallest absolute Gasteiger partial charge is 0.292 e.